The Hall–Kier alpha value is -3.08. The third kappa shape index (κ3) is 3.93. The monoisotopic (exact) mass is 378 g/mol. The Bertz CT molecular complexity index is 1070. The lowest BCUT2D eigenvalue weighted by atomic mass is 10.0. The predicted octanol–water partition coefficient (Wildman–Crippen LogP) is 4.09. The standard InChI is InChI=1S/C23H26N2O3/c1-5-21(26)25(13-18-8-6-7-9-20(18)28-4)14-19-12-17-11-10-15(2)16(3)22(17)24-23(19)27/h6-12H,5,13-14H2,1-4H3,(H,24,27). The van der Waals surface area contributed by atoms with Crippen LogP contribution in [0.1, 0.15) is 35.6 Å². The van der Waals surface area contributed by atoms with Crippen molar-refractivity contribution in [3.63, 3.8) is 0 Å². The number of aromatic amines is 1. The van der Waals surface area contributed by atoms with Gasteiger partial charge in [0.05, 0.1) is 19.2 Å². The van der Waals surface area contributed by atoms with Crippen molar-refractivity contribution in [3.8, 4) is 5.75 Å². The number of hydrogen-bond donors (Lipinski definition) is 1. The second-order valence-electron chi connectivity index (χ2n) is 7.01. The minimum Gasteiger partial charge on any atom is -0.496 e. The van der Waals surface area contributed by atoms with Gasteiger partial charge in [0.25, 0.3) is 5.56 Å². The average molecular weight is 378 g/mol. The van der Waals surface area contributed by atoms with E-state index in [0.717, 1.165) is 33.3 Å². The molecule has 5 heteroatoms. The summed E-state index contributed by atoms with van der Waals surface area (Å²) >= 11 is 0. The Morgan fingerprint density at radius 2 is 1.79 bits per heavy atom. The molecule has 0 saturated carbocycles. The van der Waals surface area contributed by atoms with E-state index in [4.69, 9.17) is 4.74 Å². The van der Waals surface area contributed by atoms with Gasteiger partial charge in [0.1, 0.15) is 5.75 Å². The number of fused-ring (bicyclic) bond motifs is 1. The maximum absolute atomic E-state index is 12.7. The van der Waals surface area contributed by atoms with Crippen molar-refractivity contribution in [2.75, 3.05) is 7.11 Å². The molecule has 0 unspecified atom stereocenters. The number of pyridine rings is 1. The van der Waals surface area contributed by atoms with E-state index in [1.807, 2.05) is 63.2 Å². The van der Waals surface area contributed by atoms with Crippen molar-refractivity contribution in [1.82, 2.24) is 9.88 Å². The average Bonchev–Trinajstić information content (AvgIpc) is 2.71. The Morgan fingerprint density at radius 1 is 1.07 bits per heavy atom. The summed E-state index contributed by atoms with van der Waals surface area (Å²) in [6, 6.07) is 13.6. The number of H-pyrrole nitrogens is 1. The molecule has 2 aromatic carbocycles. The molecule has 0 aliphatic carbocycles. The molecule has 1 N–H and O–H groups in total. The molecule has 0 atom stereocenters. The molecule has 28 heavy (non-hydrogen) atoms. The topological polar surface area (TPSA) is 62.4 Å². The number of rotatable bonds is 6. The third-order valence-corrected chi connectivity index (χ3v) is 5.20. The van der Waals surface area contributed by atoms with Gasteiger partial charge in [0.15, 0.2) is 0 Å². The van der Waals surface area contributed by atoms with E-state index < -0.39 is 0 Å². The quantitative estimate of drug-likeness (QED) is 0.703. The number of benzene rings is 2. The number of ether oxygens (including phenoxy) is 1. The third-order valence-electron chi connectivity index (χ3n) is 5.20. The van der Waals surface area contributed by atoms with E-state index in [2.05, 4.69) is 4.98 Å². The largest absolute Gasteiger partial charge is 0.496 e. The van der Waals surface area contributed by atoms with Crippen LogP contribution in [0.5, 0.6) is 5.75 Å². The van der Waals surface area contributed by atoms with Gasteiger partial charge < -0.3 is 14.6 Å². The van der Waals surface area contributed by atoms with E-state index in [9.17, 15) is 9.59 Å². The molecular weight excluding hydrogens is 352 g/mol. The zero-order chi connectivity index (χ0) is 20.3. The molecule has 1 aromatic heterocycles. The molecule has 0 saturated heterocycles. The molecule has 0 spiro atoms. The van der Waals surface area contributed by atoms with Crippen LogP contribution >= 0.6 is 0 Å². The number of carbonyl (C=O) groups is 1. The first kappa shape index (κ1) is 19.7. The first-order valence-corrected chi connectivity index (χ1v) is 9.46. The molecule has 0 aliphatic rings. The second-order valence-corrected chi connectivity index (χ2v) is 7.01. The van der Waals surface area contributed by atoms with Gasteiger partial charge in [-0.15, -0.1) is 0 Å². The lowest BCUT2D eigenvalue weighted by Gasteiger charge is -2.23. The maximum atomic E-state index is 12.7. The van der Waals surface area contributed by atoms with Gasteiger partial charge in [0, 0.05) is 24.1 Å². The lowest BCUT2D eigenvalue weighted by Crippen LogP contribution is -2.32. The van der Waals surface area contributed by atoms with Crippen LogP contribution in [-0.4, -0.2) is 22.9 Å². The highest BCUT2D eigenvalue weighted by Crippen LogP contribution is 2.22. The number of aromatic nitrogens is 1. The second kappa shape index (κ2) is 8.30. The minimum absolute atomic E-state index is 0.00881. The zero-order valence-corrected chi connectivity index (χ0v) is 16.8. The molecule has 0 aliphatic heterocycles. The summed E-state index contributed by atoms with van der Waals surface area (Å²) in [5.74, 6) is 0.723. The Kier molecular flexibility index (Phi) is 5.83. The van der Waals surface area contributed by atoms with Crippen LogP contribution in [-0.2, 0) is 17.9 Å². The highest BCUT2D eigenvalue weighted by molar-refractivity contribution is 5.83. The highest BCUT2D eigenvalue weighted by atomic mass is 16.5. The van der Waals surface area contributed by atoms with Gasteiger partial charge in [0.2, 0.25) is 5.91 Å². The molecule has 3 rings (SSSR count). The minimum atomic E-state index is -0.157. The molecule has 1 heterocycles. The number of methoxy groups -OCH3 is 1. The van der Waals surface area contributed by atoms with E-state index in [-0.39, 0.29) is 18.0 Å². The van der Waals surface area contributed by atoms with Crippen molar-refractivity contribution in [2.45, 2.75) is 40.3 Å². The predicted molar refractivity (Wildman–Crippen MR) is 112 cm³/mol. The first-order chi connectivity index (χ1) is 13.4. The number of carbonyl (C=O) groups excluding carboxylic acids is 1. The normalized spacial score (nSPS) is 10.9. The molecule has 3 aromatic rings. The number of aryl methyl sites for hydroxylation is 2. The lowest BCUT2D eigenvalue weighted by molar-refractivity contribution is -0.132. The summed E-state index contributed by atoms with van der Waals surface area (Å²) in [6.45, 7) is 6.50. The van der Waals surface area contributed by atoms with Crippen molar-refractivity contribution < 1.29 is 9.53 Å². The smallest absolute Gasteiger partial charge is 0.253 e. The first-order valence-electron chi connectivity index (χ1n) is 9.46. The molecule has 0 fully saturated rings. The van der Waals surface area contributed by atoms with E-state index in [1.54, 1.807) is 12.0 Å². The van der Waals surface area contributed by atoms with Crippen molar-refractivity contribution in [1.29, 1.82) is 0 Å². The number of nitrogens with one attached hydrogen (secondary N) is 1. The molecule has 146 valence electrons. The highest BCUT2D eigenvalue weighted by Gasteiger charge is 2.17. The Morgan fingerprint density at radius 3 is 2.50 bits per heavy atom. The van der Waals surface area contributed by atoms with Gasteiger partial charge in [-0.1, -0.05) is 37.3 Å². The maximum Gasteiger partial charge on any atom is 0.253 e. The van der Waals surface area contributed by atoms with Crippen molar-refractivity contribution in [3.05, 3.63) is 75.1 Å². The van der Waals surface area contributed by atoms with Gasteiger partial charge in [-0.3, -0.25) is 9.59 Å². The van der Waals surface area contributed by atoms with E-state index in [0.29, 0.717) is 18.5 Å². The van der Waals surface area contributed by atoms with E-state index >= 15 is 0 Å². The fourth-order valence-corrected chi connectivity index (χ4v) is 3.39. The summed E-state index contributed by atoms with van der Waals surface area (Å²) in [4.78, 5) is 30.0. The SMILES string of the molecule is CCC(=O)N(Cc1ccccc1OC)Cc1cc2ccc(C)c(C)c2[nH]c1=O. The van der Waals surface area contributed by atoms with Crippen LogP contribution in [0.3, 0.4) is 0 Å². The van der Waals surface area contributed by atoms with Crippen molar-refractivity contribution >= 4 is 16.8 Å². The molecule has 0 bridgehead atoms. The molecule has 5 nitrogen and oxygen atoms in total. The van der Waals surface area contributed by atoms with Gasteiger partial charge in [-0.2, -0.15) is 0 Å². The molecule has 1 amide bonds. The summed E-state index contributed by atoms with van der Waals surface area (Å²) in [6.07, 6.45) is 0.374. The Balaban J connectivity index is 1.97. The fourth-order valence-electron chi connectivity index (χ4n) is 3.39. The van der Waals surface area contributed by atoms with Crippen LogP contribution in [0.25, 0.3) is 10.9 Å². The van der Waals surface area contributed by atoms with Gasteiger partial charge >= 0.3 is 0 Å². The van der Waals surface area contributed by atoms with Crippen LogP contribution in [0.4, 0.5) is 0 Å². The van der Waals surface area contributed by atoms with Crippen LogP contribution in [0.15, 0.2) is 47.3 Å². The number of hydrogen-bond acceptors (Lipinski definition) is 3. The van der Waals surface area contributed by atoms with Gasteiger partial charge in [-0.05, 0) is 42.5 Å². The number of para-hydroxylation sites is 1. The van der Waals surface area contributed by atoms with Gasteiger partial charge in [-0.25, -0.2) is 0 Å². The van der Waals surface area contributed by atoms with Crippen molar-refractivity contribution in [2.24, 2.45) is 0 Å². The van der Waals surface area contributed by atoms with Crippen LogP contribution in [0, 0.1) is 13.8 Å². The summed E-state index contributed by atoms with van der Waals surface area (Å²) in [7, 11) is 1.61. The molecular formula is C23H26N2O3. The van der Waals surface area contributed by atoms with Crippen LogP contribution < -0.4 is 10.3 Å². The molecule has 0 radical (unpaired) electrons. The number of amides is 1. The zero-order valence-electron chi connectivity index (χ0n) is 16.8. The summed E-state index contributed by atoms with van der Waals surface area (Å²) in [5.41, 5.74) is 4.39. The summed E-state index contributed by atoms with van der Waals surface area (Å²) < 4.78 is 5.41. The summed E-state index contributed by atoms with van der Waals surface area (Å²) in [5, 5.41) is 0.971. The number of nitrogens with zero attached hydrogens (tertiary/aromatic N) is 1. The Labute approximate surface area is 165 Å². The fraction of sp³-hybridized carbons (Fsp3) is 0.304. The van der Waals surface area contributed by atoms with Crippen LogP contribution in [0.2, 0.25) is 0 Å². The van der Waals surface area contributed by atoms with E-state index in [1.165, 1.54) is 0 Å².